The minimum Gasteiger partial charge on any atom is -0.325 e. The van der Waals surface area contributed by atoms with Crippen LogP contribution in [0.3, 0.4) is 0 Å². The number of rotatable bonds is 6. The number of carbonyl (C=O) groups excluding carboxylic acids is 1. The van der Waals surface area contributed by atoms with Gasteiger partial charge in [-0.15, -0.1) is 0 Å². The molecule has 1 aliphatic rings. The predicted octanol–water partition coefficient (Wildman–Crippen LogP) is 1.33. The Morgan fingerprint density at radius 3 is 2.83 bits per heavy atom. The van der Waals surface area contributed by atoms with E-state index in [1.54, 1.807) is 19.1 Å². The summed E-state index contributed by atoms with van der Waals surface area (Å²) in [6, 6.07) is 4.56. The van der Waals surface area contributed by atoms with Crippen LogP contribution in [-0.2, 0) is 14.8 Å². The van der Waals surface area contributed by atoms with Crippen molar-refractivity contribution in [3.8, 4) is 0 Å². The van der Waals surface area contributed by atoms with Gasteiger partial charge in [0.05, 0.1) is 12.8 Å². The summed E-state index contributed by atoms with van der Waals surface area (Å²) in [5.41, 5.74) is 0.949. The van der Waals surface area contributed by atoms with Gasteiger partial charge in [0.15, 0.2) is 0 Å². The molecule has 8 heteroatoms. The second-order valence-electron chi connectivity index (χ2n) is 6.27. The van der Waals surface area contributed by atoms with Crippen molar-refractivity contribution in [1.29, 1.82) is 0 Å². The number of aryl methyl sites for hydroxylation is 1. The normalized spacial score (nSPS) is 19.2. The summed E-state index contributed by atoms with van der Waals surface area (Å²) in [5.74, 6) is -0.420. The average Bonchev–Trinajstić information content (AvgIpc) is 2.50. The summed E-state index contributed by atoms with van der Waals surface area (Å²) < 4.78 is 38.1. The zero-order valence-electron chi connectivity index (χ0n) is 14.0. The van der Waals surface area contributed by atoms with Gasteiger partial charge in [-0.05, 0) is 49.9 Å². The molecule has 2 rings (SSSR count). The number of nitrogens with one attached hydrogen (secondary N) is 2. The lowest BCUT2D eigenvalue weighted by Gasteiger charge is -2.31. The Morgan fingerprint density at radius 2 is 2.17 bits per heavy atom. The van der Waals surface area contributed by atoms with Crippen molar-refractivity contribution >= 4 is 21.6 Å². The molecule has 1 fully saturated rings. The molecule has 6 nitrogen and oxygen atoms in total. The summed E-state index contributed by atoms with van der Waals surface area (Å²) >= 11 is 0. The molecule has 0 aromatic heterocycles. The topological polar surface area (TPSA) is 78.5 Å². The van der Waals surface area contributed by atoms with E-state index in [1.807, 2.05) is 0 Å². The van der Waals surface area contributed by atoms with Gasteiger partial charge in [-0.3, -0.25) is 4.79 Å². The Bertz CT molecular complexity index is 694. The van der Waals surface area contributed by atoms with Crippen LogP contribution < -0.4 is 10.6 Å². The molecule has 1 aliphatic heterocycles. The first-order valence-electron chi connectivity index (χ1n) is 7.97. The summed E-state index contributed by atoms with van der Waals surface area (Å²) in [5, 5.41) is 5.68. The van der Waals surface area contributed by atoms with Gasteiger partial charge < -0.3 is 10.6 Å². The van der Waals surface area contributed by atoms with Crippen LogP contribution in [0.2, 0.25) is 0 Å². The van der Waals surface area contributed by atoms with E-state index in [1.165, 1.54) is 16.6 Å². The minimum atomic E-state index is -3.16. The molecule has 0 spiro atoms. The number of anilines is 1. The van der Waals surface area contributed by atoms with Gasteiger partial charge in [-0.2, -0.15) is 0 Å². The number of hydrogen-bond acceptors (Lipinski definition) is 4. The largest absolute Gasteiger partial charge is 0.325 e. The fraction of sp³-hybridized carbons (Fsp3) is 0.562. The SMILES string of the molecule is Cc1ccc(NC(=O)CNC[C@@H]2CCCN(S(C)(=O)=O)C2)cc1F. The highest BCUT2D eigenvalue weighted by Gasteiger charge is 2.25. The van der Waals surface area contributed by atoms with Crippen molar-refractivity contribution in [3.63, 3.8) is 0 Å². The first-order valence-corrected chi connectivity index (χ1v) is 9.82. The molecule has 0 aliphatic carbocycles. The van der Waals surface area contributed by atoms with Gasteiger partial charge >= 0.3 is 0 Å². The third-order valence-corrected chi connectivity index (χ3v) is 5.39. The first kappa shape index (κ1) is 18.8. The molecular formula is C16H24FN3O3S. The zero-order valence-corrected chi connectivity index (χ0v) is 14.8. The Labute approximate surface area is 142 Å². The van der Waals surface area contributed by atoms with Crippen molar-refractivity contribution in [2.24, 2.45) is 5.92 Å². The Kier molecular flexibility index (Phi) is 6.31. The van der Waals surface area contributed by atoms with Gasteiger partial charge in [-0.25, -0.2) is 17.1 Å². The lowest BCUT2D eigenvalue weighted by molar-refractivity contribution is -0.115. The highest BCUT2D eigenvalue weighted by molar-refractivity contribution is 7.88. The van der Waals surface area contributed by atoms with E-state index in [4.69, 9.17) is 0 Å². The highest BCUT2D eigenvalue weighted by atomic mass is 32.2. The standard InChI is InChI=1S/C16H24FN3O3S/c1-12-5-6-14(8-15(12)17)19-16(21)10-18-9-13-4-3-7-20(11-13)24(2,22)23/h5-6,8,13,18H,3-4,7,9-11H2,1-2H3,(H,19,21)/t13-/m0/s1. The van der Waals surface area contributed by atoms with Crippen LogP contribution in [0.1, 0.15) is 18.4 Å². The van der Waals surface area contributed by atoms with Gasteiger partial charge in [0.1, 0.15) is 5.82 Å². The lowest BCUT2D eigenvalue weighted by atomic mass is 10.00. The fourth-order valence-electron chi connectivity index (χ4n) is 2.76. The Morgan fingerprint density at radius 1 is 1.42 bits per heavy atom. The molecule has 0 radical (unpaired) electrons. The van der Waals surface area contributed by atoms with E-state index in [-0.39, 0.29) is 24.2 Å². The van der Waals surface area contributed by atoms with E-state index in [0.29, 0.717) is 30.9 Å². The third kappa shape index (κ3) is 5.54. The molecule has 24 heavy (non-hydrogen) atoms. The molecule has 1 amide bonds. The van der Waals surface area contributed by atoms with Gasteiger partial charge in [0, 0.05) is 18.8 Å². The molecule has 134 valence electrons. The van der Waals surface area contributed by atoms with Crippen LogP contribution in [0.25, 0.3) is 0 Å². The number of nitrogens with zero attached hydrogens (tertiary/aromatic N) is 1. The van der Waals surface area contributed by atoms with E-state index in [0.717, 1.165) is 12.8 Å². The lowest BCUT2D eigenvalue weighted by Crippen LogP contribution is -2.43. The zero-order chi connectivity index (χ0) is 17.7. The fourth-order valence-corrected chi connectivity index (χ4v) is 3.70. The van der Waals surface area contributed by atoms with Crippen molar-refractivity contribution in [2.45, 2.75) is 19.8 Å². The summed E-state index contributed by atoms with van der Waals surface area (Å²) in [4.78, 5) is 11.9. The summed E-state index contributed by atoms with van der Waals surface area (Å²) in [6.07, 6.45) is 2.98. The summed E-state index contributed by atoms with van der Waals surface area (Å²) in [6.45, 7) is 3.38. The summed E-state index contributed by atoms with van der Waals surface area (Å²) in [7, 11) is -3.16. The van der Waals surface area contributed by atoms with Gasteiger partial charge in [0.25, 0.3) is 0 Å². The Balaban J connectivity index is 1.75. The van der Waals surface area contributed by atoms with E-state index in [2.05, 4.69) is 10.6 Å². The molecule has 1 aromatic carbocycles. The molecular weight excluding hydrogens is 333 g/mol. The molecule has 0 unspecified atom stereocenters. The number of hydrogen-bond donors (Lipinski definition) is 2. The van der Waals surface area contributed by atoms with Crippen molar-refractivity contribution < 1.29 is 17.6 Å². The average molecular weight is 357 g/mol. The maximum absolute atomic E-state index is 13.4. The Hall–Kier alpha value is -1.51. The van der Waals surface area contributed by atoms with Crippen molar-refractivity contribution in [3.05, 3.63) is 29.6 Å². The maximum atomic E-state index is 13.4. The molecule has 2 N–H and O–H groups in total. The predicted molar refractivity (Wildman–Crippen MR) is 91.8 cm³/mol. The first-order chi connectivity index (χ1) is 11.3. The number of carbonyl (C=O) groups is 1. The number of sulfonamides is 1. The van der Waals surface area contributed by atoms with Crippen molar-refractivity contribution in [1.82, 2.24) is 9.62 Å². The number of halogens is 1. The monoisotopic (exact) mass is 357 g/mol. The van der Waals surface area contributed by atoms with E-state index >= 15 is 0 Å². The van der Waals surface area contributed by atoms with E-state index in [9.17, 15) is 17.6 Å². The molecule has 1 heterocycles. The van der Waals surface area contributed by atoms with Crippen LogP contribution in [0.4, 0.5) is 10.1 Å². The number of amides is 1. The molecule has 0 bridgehead atoms. The van der Waals surface area contributed by atoms with Crippen LogP contribution >= 0.6 is 0 Å². The van der Waals surface area contributed by atoms with Crippen molar-refractivity contribution in [2.75, 3.05) is 37.8 Å². The van der Waals surface area contributed by atoms with Crippen LogP contribution in [0, 0.1) is 18.7 Å². The number of piperidine rings is 1. The quantitative estimate of drug-likeness (QED) is 0.805. The smallest absolute Gasteiger partial charge is 0.238 e. The molecule has 0 saturated carbocycles. The molecule has 1 aromatic rings. The van der Waals surface area contributed by atoms with Crippen LogP contribution in [0.15, 0.2) is 18.2 Å². The second-order valence-corrected chi connectivity index (χ2v) is 8.25. The van der Waals surface area contributed by atoms with Crippen LogP contribution in [-0.4, -0.2) is 51.1 Å². The minimum absolute atomic E-state index is 0.102. The van der Waals surface area contributed by atoms with E-state index < -0.39 is 10.0 Å². The second kappa shape index (κ2) is 8.04. The van der Waals surface area contributed by atoms with Crippen LogP contribution in [0.5, 0.6) is 0 Å². The maximum Gasteiger partial charge on any atom is 0.238 e. The third-order valence-electron chi connectivity index (χ3n) is 4.12. The molecule has 1 atom stereocenters. The number of benzene rings is 1. The molecule has 1 saturated heterocycles. The highest BCUT2D eigenvalue weighted by Crippen LogP contribution is 2.18. The van der Waals surface area contributed by atoms with Gasteiger partial charge in [-0.1, -0.05) is 6.07 Å². The van der Waals surface area contributed by atoms with Gasteiger partial charge in [0.2, 0.25) is 15.9 Å².